The van der Waals surface area contributed by atoms with Gasteiger partial charge >= 0.3 is 0 Å². The highest BCUT2D eigenvalue weighted by atomic mass is 79.9. The quantitative estimate of drug-likeness (QED) is 0.679. The van der Waals surface area contributed by atoms with Crippen LogP contribution in [0.4, 0.5) is 11.4 Å². The lowest BCUT2D eigenvalue weighted by molar-refractivity contribution is -0.384. The Labute approximate surface area is 128 Å². The Morgan fingerprint density at radius 2 is 1.86 bits per heavy atom. The van der Waals surface area contributed by atoms with Gasteiger partial charge in [-0.1, -0.05) is 15.9 Å². The van der Waals surface area contributed by atoms with Crippen LogP contribution in [0.2, 0.25) is 0 Å². The van der Waals surface area contributed by atoms with Crippen molar-refractivity contribution in [3.8, 4) is 5.75 Å². The van der Waals surface area contributed by atoms with E-state index >= 15 is 0 Å². The van der Waals surface area contributed by atoms with Gasteiger partial charge in [0.2, 0.25) is 0 Å². The molecule has 2 rings (SSSR count). The molecule has 0 atom stereocenters. The van der Waals surface area contributed by atoms with E-state index in [1.165, 1.54) is 42.3 Å². The Kier molecular flexibility index (Phi) is 4.23. The molecule has 21 heavy (non-hydrogen) atoms. The largest absolute Gasteiger partial charge is 0.506 e. The monoisotopic (exact) mass is 350 g/mol. The molecular weight excluding hydrogens is 340 g/mol. The molecule has 1 amide bonds. The zero-order chi connectivity index (χ0) is 15.6. The predicted octanol–water partition coefficient (Wildman–Crippen LogP) is 3.34. The van der Waals surface area contributed by atoms with Crippen molar-refractivity contribution in [3.63, 3.8) is 0 Å². The first kappa shape index (κ1) is 15.0. The molecule has 0 fully saturated rings. The van der Waals surface area contributed by atoms with Crippen LogP contribution in [0.3, 0.4) is 0 Å². The van der Waals surface area contributed by atoms with E-state index in [0.29, 0.717) is 15.7 Å². The zero-order valence-electron chi connectivity index (χ0n) is 11.0. The van der Waals surface area contributed by atoms with Gasteiger partial charge in [-0.3, -0.25) is 14.9 Å². The predicted molar refractivity (Wildman–Crippen MR) is 81.6 cm³/mol. The summed E-state index contributed by atoms with van der Waals surface area (Å²) in [6.07, 6.45) is 0. The van der Waals surface area contributed by atoms with Gasteiger partial charge in [0, 0.05) is 29.2 Å². The SMILES string of the molecule is CN(C(=O)c1ccc([N+](=O)[O-])cc1)c1ccc(Br)cc1O. The van der Waals surface area contributed by atoms with Crippen LogP contribution in [-0.4, -0.2) is 23.0 Å². The van der Waals surface area contributed by atoms with Gasteiger partial charge in [-0.15, -0.1) is 0 Å². The highest BCUT2D eigenvalue weighted by Gasteiger charge is 2.17. The molecule has 0 aliphatic rings. The number of carbonyl (C=O) groups excluding carboxylic acids is 1. The van der Waals surface area contributed by atoms with Crippen LogP contribution in [0, 0.1) is 10.1 Å². The third kappa shape index (κ3) is 3.19. The zero-order valence-corrected chi connectivity index (χ0v) is 12.6. The van der Waals surface area contributed by atoms with E-state index in [1.54, 1.807) is 12.1 Å². The lowest BCUT2D eigenvalue weighted by Crippen LogP contribution is -2.26. The van der Waals surface area contributed by atoms with Crippen molar-refractivity contribution in [2.45, 2.75) is 0 Å². The Balaban J connectivity index is 2.28. The molecule has 0 aliphatic heterocycles. The number of benzene rings is 2. The van der Waals surface area contributed by atoms with Crippen LogP contribution < -0.4 is 4.90 Å². The number of carbonyl (C=O) groups is 1. The first-order valence-electron chi connectivity index (χ1n) is 5.91. The summed E-state index contributed by atoms with van der Waals surface area (Å²) in [5, 5.41) is 20.4. The van der Waals surface area contributed by atoms with Crippen LogP contribution in [0.5, 0.6) is 5.75 Å². The number of hydrogen-bond donors (Lipinski definition) is 1. The van der Waals surface area contributed by atoms with Gasteiger partial charge in [-0.2, -0.15) is 0 Å². The van der Waals surface area contributed by atoms with E-state index < -0.39 is 4.92 Å². The van der Waals surface area contributed by atoms with Gasteiger partial charge in [0.1, 0.15) is 5.75 Å². The number of phenolic OH excluding ortho intramolecular Hbond substituents is 1. The van der Waals surface area contributed by atoms with Crippen LogP contribution >= 0.6 is 15.9 Å². The first-order valence-corrected chi connectivity index (χ1v) is 6.70. The number of amides is 1. The normalized spacial score (nSPS) is 10.2. The standard InChI is InChI=1S/C14H11BrN2O4/c1-16(12-7-4-10(15)8-13(12)18)14(19)9-2-5-11(6-3-9)17(20)21/h2-8,18H,1H3. The minimum absolute atomic E-state index is 0.0397. The van der Waals surface area contributed by atoms with Crippen LogP contribution in [0.25, 0.3) is 0 Å². The molecule has 0 spiro atoms. The molecule has 2 aromatic rings. The fourth-order valence-electron chi connectivity index (χ4n) is 1.81. The van der Waals surface area contributed by atoms with Crippen molar-refractivity contribution in [3.05, 3.63) is 62.6 Å². The summed E-state index contributed by atoms with van der Waals surface area (Å²) >= 11 is 3.22. The van der Waals surface area contributed by atoms with Crippen molar-refractivity contribution in [1.29, 1.82) is 0 Å². The van der Waals surface area contributed by atoms with Gasteiger partial charge in [-0.05, 0) is 30.3 Å². The molecule has 0 unspecified atom stereocenters. The number of nitrogens with zero attached hydrogens (tertiary/aromatic N) is 2. The van der Waals surface area contributed by atoms with Gasteiger partial charge in [0.15, 0.2) is 0 Å². The molecule has 0 saturated carbocycles. The fraction of sp³-hybridized carbons (Fsp3) is 0.0714. The van der Waals surface area contributed by atoms with Crippen molar-refractivity contribution >= 4 is 33.2 Å². The highest BCUT2D eigenvalue weighted by molar-refractivity contribution is 9.10. The summed E-state index contributed by atoms with van der Waals surface area (Å²) in [6.45, 7) is 0. The van der Waals surface area contributed by atoms with Gasteiger partial charge in [0.05, 0.1) is 10.6 Å². The number of rotatable bonds is 3. The molecule has 0 saturated heterocycles. The van der Waals surface area contributed by atoms with E-state index in [2.05, 4.69) is 15.9 Å². The van der Waals surface area contributed by atoms with E-state index in [-0.39, 0.29) is 17.3 Å². The Morgan fingerprint density at radius 3 is 2.38 bits per heavy atom. The van der Waals surface area contributed by atoms with Crippen LogP contribution in [0.15, 0.2) is 46.9 Å². The topological polar surface area (TPSA) is 83.7 Å². The first-order chi connectivity index (χ1) is 9.90. The third-order valence-corrected chi connectivity index (χ3v) is 3.42. The van der Waals surface area contributed by atoms with Crippen LogP contribution in [0.1, 0.15) is 10.4 Å². The number of hydrogen-bond acceptors (Lipinski definition) is 4. The lowest BCUT2D eigenvalue weighted by atomic mass is 10.1. The summed E-state index contributed by atoms with van der Waals surface area (Å²) < 4.78 is 0.694. The summed E-state index contributed by atoms with van der Waals surface area (Å²) in [5.41, 5.74) is 0.563. The maximum atomic E-state index is 12.3. The molecule has 1 N–H and O–H groups in total. The average molecular weight is 351 g/mol. The smallest absolute Gasteiger partial charge is 0.269 e. The summed E-state index contributed by atoms with van der Waals surface area (Å²) in [7, 11) is 1.52. The second-order valence-corrected chi connectivity index (χ2v) is 5.22. The number of phenols is 1. The molecule has 7 heteroatoms. The van der Waals surface area contributed by atoms with Crippen molar-refractivity contribution in [2.24, 2.45) is 0 Å². The Bertz CT molecular complexity index is 701. The summed E-state index contributed by atoms with van der Waals surface area (Å²) in [5.74, 6) is -0.412. The maximum absolute atomic E-state index is 12.3. The van der Waals surface area contributed by atoms with E-state index in [4.69, 9.17) is 0 Å². The number of non-ortho nitro benzene ring substituents is 1. The molecule has 108 valence electrons. The van der Waals surface area contributed by atoms with Gasteiger partial charge in [0.25, 0.3) is 11.6 Å². The number of nitro benzene ring substituents is 1. The minimum Gasteiger partial charge on any atom is -0.506 e. The third-order valence-electron chi connectivity index (χ3n) is 2.93. The second-order valence-electron chi connectivity index (χ2n) is 4.30. The molecule has 0 radical (unpaired) electrons. The molecule has 2 aromatic carbocycles. The molecule has 0 aliphatic carbocycles. The minimum atomic E-state index is -0.529. The van der Waals surface area contributed by atoms with Gasteiger partial charge < -0.3 is 10.0 Å². The van der Waals surface area contributed by atoms with Gasteiger partial charge in [-0.25, -0.2) is 0 Å². The molecule has 0 aromatic heterocycles. The second kappa shape index (κ2) is 5.92. The lowest BCUT2D eigenvalue weighted by Gasteiger charge is -2.18. The highest BCUT2D eigenvalue weighted by Crippen LogP contribution is 2.30. The van der Waals surface area contributed by atoms with Crippen molar-refractivity contribution < 1.29 is 14.8 Å². The molecule has 6 nitrogen and oxygen atoms in total. The molecule has 0 bridgehead atoms. The number of aromatic hydroxyl groups is 1. The summed E-state index contributed by atoms with van der Waals surface area (Å²) in [4.78, 5) is 23.6. The number of nitro groups is 1. The maximum Gasteiger partial charge on any atom is 0.269 e. The average Bonchev–Trinajstić information content (AvgIpc) is 2.46. The van der Waals surface area contributed by atoms with Crippen LogP contribution in [-0.2, 0) is 0 Å². The summed E-state index contributed by atoms with van der Waals surface area (Å²) in [6, 6.07) is 10.1. The Morgan fingerprint density at radius 1 is 1.24 bits per heavy atom. The van der Waals surface area contributed by atoms with Crippen molar-refractivity contribution in [1.82, 2.24) is 0 Å². The molecular formula is C14H11BrN2O4. The number of anilines is 1. The van der Waals surface area contributed by atoms with E-state index in [0.717, 1.165) is 0 Å². The molecule has 0 heterocycles. The van der Waals surface area contributed by atoms with E-state index in [9.17, 15) is 20.0 Å². The number of halogens is 1. The fourth-order valence-corrected chi connectivity index (χ4v) is 2.16. The van der Waals surface area contributed by atoms with E-state index in [1.807, 2.05) is 0 Å². The van der Waals surface area contributed by atoms with Crippen molar-refractivity contribution in [2.75, 3.05) is 11.9 Å². The Hall–Kier alpha value is -2.41.